The van der Waals surface area contributed by atoms with E-state index in [0.717, 1.165) is 56.9 Å². The Hall–Kier alpha value is -1.59. The fourth-order valence-electron chi connectivity index (χ4n) is 3.75. The van der Waals surface area contributed by atoms with Gasteiger partial charge in [0.15, 0.2) is 0 Å². The van der Waals surface area contributed by atoms with Crippen molar-refractivity contribution < 1.29 is 14.3 Å². The summed E-state index contributed by atoms with van der Waals surface area (Å²) in [6.07, 6.45) is 2.50. The van der Waals surface area contributed by atoms with Crippen LogP contribution >= 0.6 is 0 Å². The van der Waals surface area contributed by atoms with Crippen molar-refractivity contribution in [3.8, 4) is 5.75 Å². The van der Waals surface area contributed by atoms with Gasteiger partial charge in [-0.15, -0.1) is 0 Å². The summed E-state index contributed by atoms with van der Waals surface area (Å²) < 4.78 is 12.0. The number of benzene rings is 1. The van der Waals surface area contributed by atoms with Crippen molar-refractivity contribution in [2.75, 3.05) is 32.8 Å². The molecule has 0 saturated carbocycles. The number of rotatable bonds is 5. The largest absolute Gasteiger partial charge is 0.490 e. The lowest BCUT2D eigenvalue weighted by Gasteiger charge is -2.37. The van der Waals surface area contributed by atoms with Crippen molar-refractivity contribution >= 4 is 5.91 Å². The minimum atomic E-state index is 0.0274. The molecule has 0 unspecified atom stereocenters. The number of hydrogen-bond acceptors (Lipinski definition) is 4. The third-order valence-electron chi connectivity index (χ3n) is 5.48. The van der Waals surface area contributed by atoms with Crippen LogP contribution in [0.2, 0.25) is 0 Å². The smallest absolute Gasteiger partial charge is 0.225 e. The molecule has 0 radical (unpaired) electrons. The van der Waals surface area contributed by atoms with E-state index < -0.39 is 0 Å². The van der Waals surface area contributed by atoms with Gasteiger partial charge in [0.1, 0.15) is 11.9 Å². The van der Waals surface area contributed by atoms with Gasteiger partial charge in [-0.25, -0.2) is 0 Å². The summed E-state index contributed by atoms with van der Waals surface area (Å²) in [5, 5.41) is 0. The molecular weight excluding hydrogens is 328 g/mol. The van der Waals surface area contributed by atoms with Gasteiger partial charge >= 0.3 is 0 Å². The molecule has 0 N–H and O–H groups in total. The molecule has 0 spiro atoms. The first-order valence-electron chi connectivity index (χ1n) is 9.88. The molecular formula is C21H32N2O3. The molecule has 5 nitrogen and oxygen atoms in total. The number of carbonyl (C=O) groups excluding carboxylic acids is 1. The fraction of sp³-hybridized carbons (Fsp3) is 0.667. The van der Waals surface area contributed by atoms with Gasteiger partial charge in [0.25, 0.3) is 0 Å². The summed E-state index contributed by atoms with van der Waals surface area (Å²) in [4.78, 5) is 17.0. The first kappa shape index (κ1) is 19.2. The number of piperidine rings is 1. The van der Waals surface area contributed by atoms with E-state index in [-0.39, 0.29) is 18.1 Å². The number of amides is 1. The van der Waals surface area contributed by atoms with E-state index in [1.165, 1.54) is 0 Å². The average Bonchev–Trinajstić information content (AvgIpc) is 2.64. The Labute approximate surface area is 157 Å². The monoisotopic (exact) mass is 360 g/mol. The molecule has 144 valence electrons. The molecule has 2 heterocycles. The third-order valence-corrected chi connectivity index (χ3v) is 5.48. The summed E-state index contributed by atoms with van der Waals surface area (Å²) in [6.45, 7) is 10.6. The van der Waals surface area contributed by atoms with Crippen LogP contribution in [0.25, 0.3) is 0 Å². The topological polar surface area (TPSA) is 42.0 Å². The van der Waals surface area contributed by atoms with E-state index in [1.807, 2.05) is 23.1 Å². The van der Waals surface area contributed by atoms with Crippen molar-refractivity contribution in [3.63, 3.8) is 0 Å². The zero-order valence-corrected chi connectivity index (χ0v) is 16.3. The lowest BCUT2D eigenvalue weighted by Crippen LogP contribution is -2.48. The Morgan fingerprint density at radius 1 is 1.23 bits per heavy atom. The molecule has 26 heavy (non-hydrogen) atoms. The van der Waals surface area contributed by atoms with Crippen molar-refractivity contribution in [3.05, 3.63) is 29.8 Å². The van der Waals surface area contributed by atoms with Crippen LogP contribution in [-0.2, 0) is 9.53 Å². The van der Waals surface area contributed by atoms with Crippen molar-refractivity contribution in [2.24, 2.45) is 0 Å². The van der Waals surface area contributed by atoms with Crippen LogP contribution in [0.15, 0.2) is 24.3 Å². The summed E-state index contributed by atoms with van der Waals surface area (Å²) in [7, 11) is 0. The molecule has 3 rings (SSSR count). The number of morpholine rings is 1. The maximum Gasteiger partial charge on any atom is 0.225 e. The highest BCUT2D eigenvalue weighted by Crippen LogP contribution is 2.23. The standard InChI is InChI=1S/C21H32N2O3/c1-16(2)23-12-13-25-19(15-23)14-21(24)22-10-8-18(9-11-22)26-20-7-5-4-6-17(20)3/h4-7,16,18-19H,8-15H2,1-3H3/t19-/m1/s1. The molecule has 0 aromatic heterocycles. The van der Waals surface area contributed by atoms with Crippen LogP contribution in [0.4, 0.5) is 0 Å². The highest BCUT2D eigenvalue weighted by molar-refractivity contribution is 5.76. The van der Waals surface area contributed by atoms with Crippen LogP contribution in [-0.4, -0.2) is 66.7 Å². The van der Waals surface area contributed by atoms with E-state index in [0.29, 0.717) is 12.5 Å². The molecule has 2 aliphatic heterocycles. The number of nitrogens with zero attached hydrogens (tertiary/aromatic N) is 2. The van der Waals surface area contributed by atoms with Crippen LogP contribution in [0.5, 0.6) is 5.75 Å². The van der Waals surface area contributed by atoms with Crippen molar-refractivity contribution in [2.45, 2.75) is 58.3 Å². The molecule has 2 saturated heterocycles. The highest BCUT2D eigenvalue weighted by atomic mass is 16.5. The van der Waals surface area contributed by atoms with Gasteiger partial charge in [-0.2, -0.15) is 0 Å². The summed E-state index contributed by atoms with van der Waals surface area (Å²) >= 11 is 0. The normalized spacial score (nSPS) is 22.6. The summed E-state index contributed by atoms with van der Waals surface area (Å²) in [5.74, 6) is 1.18. The number of hydrogen-bond donors (Lipinski definition) is 0. The fourth-order valence-corrected chi connectivity index (χ4v) is 3.75. The number of carbonyl (C=O) groups is 1. The maximum atomic E-state index is 12.6. The van der Waals surface area contributed by atoms with Gasteiger partial charge in [-0.05, 0) is 32.4 Å². The minimum absolute atomic E-state index is 0.0274. The van der Waals surface area contributed by atoms with Crippen molar-refractivity contribution in [1.29, 1.82) is 0 Å². The lowest BCUT2D eigenvalue weighted by molar-refractivity contribution is -0.138. The first-order chi connectivity index (χ1) is 12.5. The number of para-hydroxylation sites is 1. The Morgan fingerprint density at radius 2 is 1.96 bits per heavy atom. The van der Waals surface area contributed by atoms with E-state index in [2.05, 4.69) is 31.7 Å². The Kier molecular flexibility index (Phi) is 6.54. The van der Waals surface area contributed by atoms with Crippen LogP contribution < -0.4 is 4.74 Å². The van der Waals surface area contributed by atoms with E-state index in [4.69, 9.17) is 9.47 Å². The molecule has 1 aromatic carbocycles. The summed E-state index contributed by atoms with van der Waals surface area (Å²) in [6, 6.07) is 8.63. The molecule has 1 atom stereocenters. The molecule has 2 aliphatic rings. The molecule has 0 bridgehead atoms. The Morgan fingerprint density at radius 3 is 2.65 bits per heavy atom. The Balaban J connectivity index is 1.44. The molecule has 2 fully saturated rings. The molecule has 1 aromatic rings. The molecule has 0 aliphatic carbocycles. The van der Waals surface area contributed by atoms with Gasteiger partial charge in [0.2, 0.25) is 5.91 Å². The summed E-state index contributed by atoms with van der Waals surface area (Å²) in [5.41, 5.74) is 1.16. The van der Waals surface area contributed by atoms with Crippen LogP contribution in [0.1, 0.15) is 38.7 Å². The van der Waals surface area contributed by atoms with E-state index in [9.17, 15) is 4.79 Å². The molecule has 5 heteroatoms. The second-order valence-electron chi connectivity index (χ2n) is 7.75. The highest BCUT2D eigenvalue weighted by Gasteiger charge is 2.29. The van der Waals surface area contributed by atoms with Gasteiger partial charge in [-0.1, -0.05) is 18.2 Å². The van der Waals surface area contributed by atoms with Crippen LogP contribution in [0.3, 0.4) is 0 Å². The van der Waals surface area contributed by atoms with E-state index >= 15 is 0 Å². The second-order valence-corrected chi connectivity index (χ2v) is 7.75. The number of likely N-dealkylation sites (tertiary alicyclic amines) is 1. The minimum Gasteiger partial charge on any atom is -0.490 e. The number of ether oxygens (including phenoxy) is 2. The zero-order valence-electron chi connectivity index (χ0n) is 16.3. The van der Waals surface area contributed by atoms with E-state index in [1.54, 1.807) is 0 Å². The maximum absolute atomic E-state index is 12.6. The van der Waals surface area contributed by atoms with Crippen molar-refractivity contribution in [1.82, 2.24) is 9.80 Å². The SMILES string of the molecule is Cc1ccccc1OC1CCN(C(=O)C[C@@H]2CN(C(C)C)CCO2)CC1. The second kappa shape index (κ2) is 8.87. The lowest BCUT2D eigenvalue weighted by atomic mass is 10.1. The predicted octanol–water partition coefficient (Wildman–Crippen LogP) is 2.86. The average molecular weight is 360 g/mol. The predicted molar refractivity (Wildman–Crippen MR) is 102 cm³/mol. The van der Waals surface area contributed by atoms with Gasteiger partial charge < -0.3 is 14.4 Å². The van der Waals surface area contributed by atoms with Gasteiger partial charge in [0, 0.05) is 45.1 Å². The first-order valence-corrected chi connectivity index (χ1v) is 9.88. The quantitative estimate of drug-likeness (QED) is 0.810. The Bertz CT molecular complexity index is 597. The van der Waals surface area contributed by atoms with Gasteiger partial charge in [0.05, 0.1) is 19.1 Å². The zero-order chi connectivity index (χ0) is 18.5. The number of aryl methyl sites for hydroxylation is 1. The van der Waals surface area contributed by atoms with Gasteiger partial charge in [-0.3, -0.25) is 9.69 Å². The van der Waals surface area contributed by atoms with Crippen LogP contribution in [0, 0.1) is 6.92 Å². The third kappa shape index (κ3) is 4.98. The molecule has 1 amide bonds.